The zero-order valence-corrected chi connectivity index (χ0v) is 10.2. The Morgan fingerprint density at radius 1 is 1.47 bits per heavy atom. The first-order valence-corrected chi connectivity index (χ1v) is 5.88. The zero-order valence-electron chi connectivity index (χ0n) is 10.2. The second-order valence-electron chi connectivity index (χ2n) is 4.58. The Labute approximate surface area is 107 Å². The van der Waals surface area contributed by atoms with E-state index >= 15 is 0 Å². The second-order valence-corrected chi connectivity index (χ2v) is 4.58. The Bertz CT molecular complexity index is 371. The van der Waals surface area contributed by atoms with Gasteiger partial charge in [0.25, 0.3) is 0 Å². The maximum Gasteiger partial charge on any atom is 0.391 e. The van der Waals surface area contributed by atoms with Crippen molar-refractivity contribution in [2.75, 3.05) is 13.1 Å². The van der Waals surface area contributed by atoms with Gasteiger partial charge in [0, 0.05) is 18.0 Å². The molecular weight excluding hydrogens is 265 g/mol. The highest BCUT2D eigenvalue weighted by Gasteiger charge is 2.48. The molecule has 19 heavy (non-hydrogen) atoms. The number of aliphatic carboxylic acids is 1. The van der Waals surface area contributed by atoms with E-state index < -0.39 is 23.6 Å². The summed E-state index contributed by atoms with van der Waals surface area (Å²) >= 11 is 0. The highest BCUT2D eigenvalue weighted by atomic mass is 19.4. The molecule has 0 aliphatic heterocycles. The van der Waals surface area contributed by atoms with E-state index in [2.05, 4.69) is 15.3 Å². The smallest absolute Gasteiger partial charge is 0.391 e. The molecule has 6 nitrogen and oxygen atoms in total. The summed E-state index contributed by atoms with van der Waals surface area (Å²) in [6.45, 7) is 0.196. The molecule has 0 atom stereocenters. The predicted octanol–water partition coefficient (Wildman–Crippen LogP) is 2.46. The van der Waals surface area contributed by atoms with Crippen LogP contribution in [0.25, 0.3) is 10.4 Å². The molecule has 0 amide bonds. The van der Waals surface area contributed by atoms with Crippen molar-refractivity contribution in [2.24, 2.45) is 11.0 Å². The van der Waals surface area contributed by atoms with E-state index in [1.54, 1.807) is 0 Å². The molecule has 0 radical (unpaired) electrons. The molecule has 1 rings (SSSR count). The Morgan fingerprint density at radius 3 is 2.47 bits per heavy atom. The van der Waals surface area contributed by atoms with Gasteiger partial charge in [-0.05, 0) is 31.2 Å². The van der Waals surface area contributed by atoms with Crippen LogP contribution in [0.5, 0.6) is 0 Å². The lowest BCUT2D eigenvalue weighted by atomic mass is 9.76. The van der Waals surface area contributed by atoms with Crippen molar-refractivity contribution in [3.05, 3.63) is 10.4 Å². The minimum Gasteiger partial charge on any atom is -0.480 e. The van der Waals surface area contributed by atoms with E-state index in [9.17, 15) is 23.1 Å². The van der Waals surface area contributed by atoms with Crippen molar-refractivity contribution in [1.82, 2.24) is 5.32 Å². The van der Waals surface area contributed by atoms with Crippen LogP contribution >= 0.6 is 0 Å². The second kappa shape index (κ2) is 6.12. The summed E-state index contributed by atoms with van der Waals surface area (Å²) < 4.78 is 37.6. The number of rotatable bonds is 5. The lowest BCUT2D eigenvalue weighted by Crippen LogP contribution is -2.55. The number of halogens is 3. The van der Waals surface area contributed by atoms with Gasteiger partial charge in [0.15, 0.2) is 0 Å². The Morgan fingerprint density at radius 2 is 2.05 bits per heavy atom. The summed E-state index contributed by atoms with van der Waals surface area (Å²) in [4.78, 5) is 13.8. The van der Waals surface area contributed by atoms with Crippen molar-refractivity contribution in [2.45, 2.75) is 37.4 Å². The monoisotopic (exact) mass is 280 g/mol. The minimum atomic E-state index is -4.27. The number of nitrogens with one attached hydrogen (secondary N) is 1. The van der Waals surface area contributed by atoms with E-state index in [0.29, 0.717) is 0 Å². The average Bonchev–Trinajstić information content (AvgIpc) is 2.34. The number of alkyl halides is 3. The van der Waals surface area contributed by atoms with Gasteiger partial charge in [-0.2, -0.15) is 13.2 Å². The summed E-state index contributed by atoms with van der Waals surface area (Å²) in [6.07, 6.45) is -4.84. The number of hydrogen-bond acceptors (Lipinski definition) is 3. The molecule has 0 aromatic carbocycles. The van der Waals surface area contributed by atoms with Gasteiger partial charge in [-0.25, -0.2) is 0 Å². The number of carboxylic acid groups (broad SMARTS) is 1. The van der Waals surface area contributed by atoms with Gasteiger partial charge in [0.05, 0.1) is 5.92 Å². The first-order valence-electron chi connectivity index (χ1n) is 5.88. The molecule has 0 aromatic rings. The molecular formula is C10H15F3N4O2. The van der Waals surface area contributed by atoms with Crippen LogP contribution in [0.4, 0.5) is 13.2 Å². The molecule has 1 aliphatic carbocycles. The fraction of sp³-hybridized carbons (Fsp3) is 0.900. The van der Waals surface area contributed by atoms with Gasteiger partial charge in [0.1, 0.15) is 5.54 Å². The Hall–Kier alpha value is -1.47. The third-order valence-corrected chi connectivity index (χ3v) is 3.45. The van der Waals surface area contributed by atoms with Crippen LogP contribution in [0.1, 0.15) is 25.7 Å². The van der Waals surface area contributed by atoms with Crippen LogP contribution in [-0.2, 0) is 4.79 Å². The van der Waals surface area contributed by atoms with Crippen LogP contribution in [-0.4, -0.2) is 35.9 Å². The average molecular weight is 280 g/mol. The third-order valence-electron chi connectivity index (χ3n) is 3.45. The zero-order chi connectivity index (χ0) is 14.5. The molecule has 1 fully saturated rings. The minimum absolute atomic E-state index is 0.0637. The van der Waals surface area contributed by atoms with Crippen LogP contribution in [0, 0.1) is 5.92 Å². The Balaban J connectivity index is 2.61. The highest BCUT2D eigenvalue weighted by Crippen LogP contribution is 2.41. The quantitative estimate of drug-likeness (QED) is 0.350. The van der Waals surface area contributed by atoms with Gasteiger partial charge in [-0.15, -0.1) is 0 Å². The molecule has 0 saturated heterocycles. The molecule has 0 aromatic heterocycles. The van der Waals surface area contributed by atoms with E-state index in [0.717, 1.165) is 0 Å². The third kappa shape index (κ3) is 4.00. The largest absolute Gasteiger partial charge is 0.480 e. The molecule has 0 bridgehead atoms. The van der Waals surface area contributed by atoms with Crippen molar-refractivity contribution < 1.29 is 23.1 Å². The normalized spacial score (nSPS) is 27.6. The summed E-state index contributed by atoms with van der Waals surface area (Å²) in [7, 11) is 0. The fourth-order valence-electron chi connectivity index (χ4n) is 2.29. The van der Waals surface area contributed by atoms with Crippen LogP contribution in [0.3, 0.4) is 0 Å². The summed E-state index contributed by atoms with van der Waals surface area (Å²) in [5, 5.41) is 15.1. The first-order chi connectivity index (χ1) is 8.82. The fourth-order valence-corrected chi connectivity index (χ4v) is 2.29. The van der Waals surface area contributed by atoms with Crippen LogP contribution in [0.2, 0.25) is 0 Å². The van der Waals surface area contributed by atoms with Crippen molar-refractivity contribution in [3.63, 3.8) is 0 Å². The number of nitrogens with zero attached hydrogens (tertiary/aromatic N) is 3. The summed E-state index contributed by atoms with van der Waals surface area (Å²) in [6, 6.07) is 0. The lowest BCUT2D eigenvalue weighted by molar-refractivity contribution is -0.188. The van der Waals surface area contributed by atoms with E-state index in [4.69, 9.17) is 5.53 Å². The predicted molar refractivity (Wildman–Crippen MR) is 60.4 cm³/mol. The van der Waals surface area contributed by atoms with Crippen molar-refractivity contribution in [1.29, 1.82) is 0 Å². The van der Waals surface area contributed by atoms with Crippen molar-refractivity contribution >= 4 is 5.97 Å². The molecule has 0 unspecified atom stereocenters. The lowest BCUT2D eigenvalue weighted by Gasteiger charge is -2.38. The standard InChI is InChI=1S/C10H15F3N4O2/c11-10(12,13)7-1-3-9(4-2-7,8(18)19)15-5-6-16-17-14/h7,15H,1-6H2,(H,18,19). The Kier molecular flexibility index (Phi) is 5.02. The first kappa shape index (κ1) is 15.6. The SMILES string of the molecule is [N-]=[N+]=NCCNC1(C(=O)O)CCC(C(F)(F)F)CC1. The molecule has 0 heterocycles. The van der Waals surface area contributed by atoms with Gasteiger partial charge < -0.3 is 10.4 Å². The summed E-state index contributed by atoms with van der Waals surface area (Å²) in [5.41, 5.74) is 6.75. The molecule has 108 valence electrons. The molecule has 1 saturated carbocycles. The van der Waals surface area contributed by atoms with E-state index in [-0.39, 0.29) is 38.8 Å². The molecule has 0 spiro atoms. The molecule has 9 heteroatoms. The maximum atomic E-state index is 12.5. The van der Waals surface area contributed by atoms with E-state index in [1.807, 2.05) is 0 Å². The number of carbonyl (C=O) groups is 1. The van der Waals surface area contributed by atoms with Gasteiger partial charge in [-0.1, -0.05) is 5.11 Å². The summed E-state index contributed by atoms with van der Waals surface area (Å²) in [5.74, 6) is -2.59. The maximum absolute atomic E-state index is 12.5. The molecule has 1 aliphatic rings. The van der Waals surface area contributed by atoms with E-state index in [1.165, 1.54) is 0 Å². The van der Waals surface area contributed by atoms with Gasteiger partial charge >= 0.3 is 12.1 Å². The van der Waals surface area contributed by atoms with Crippen molar-refractivity contribution in [3.8, 4) is 0 Å². The number of hydrogen-bond donors (Lipinski definition) is 2. The molecule has 2 N–H and O–H groups in total. The van der Waals surface area contributed by atoms with Gasteiger partial charge in [0.2, 0.25) is 0 Å². The number of carboxylic acids is 1. The van der Waals surface area contributed by atoms with Crippen LogP contribution < -0.4 is 5.32 Å². The number of azide groups is 1. The van der Waals surface area contributed by atoms with Crippen LogP contribution in [0.15, 0.2) is 5.11 Å². The van der Waals surface area contributed by atoms with Gasteiger partial charge in [-0.3, -0.25) is 4.79 Å². The highest BCUT2D eigenvalue weighted by molar-refractivity contribution is 5.78. The topological polar surface area (TPSA) is 98.1 Å².